The van der Waals surface area contributed by atoms with Crippen LogP contribution in [-0.2, 0) is 13.6 Å². The van der Waals surface area contributed by atoms with Gasteiger partial charge in [-0.15, -0.1) is 11.8 Å². The highest BCUT2D eigenvalue weighted by Crippen LogP contribution is 2.24. The molecular formula is C19H23N5O2S. The molecule has 27 heavy (non-hydrogen) atoms. The molecular weight excluding hydrogens is 362 g/mol. The predicted molar refractivity (Wildman–Crippen MR) is 109 cm³/mol. The molecule has 0 unspecified atom stereocenters. The van der Waals surface area contributed by atoms with E-state index in [-0.39, 0.29) is 5.56 Å². The minimum atomic E-state index is -0.430. The first kappa shape index (κ1) is 17.9. The smallest absolute Gasteiger partial charge is 0.329 e. The van der Waals surface area contributed by atoms with Crippen LogP contribution in [0.4, 0.5) is 5.95 Å². The maximum atomic E-state index is 12.5. The van der Waals surface area contributed by atoms with Crippen molar-refractivity contribution < 1.29 is 0 Å². The normalized spacial score (nSPS) is 14.8. The number of thioether (sulfide) groups is 1. The molecule has 0 amide bonds. The molecule has 1 fully saturated rings. The topological polar surface area (TPSA) is 75.9 Å². The van der Waals surface area contributed by atoms with Crippen LogP contribution in [-0.4, -0.2) is 37.9 Å². The number of hydrogen-bond acceptors (Lipinski definition) is 5. The largest absolute Gasteiger partial charge is 0.342 e. The molecule has 4 rings (SSSR count). The van der Waals surface area contributed by atoms with E-state index in [0.717, 1.165) is 37.6 Å². The zero-order valence-corrected chi connectivity index (χ0v) is 16.2. The van der Waals surface area contributed by atoms with Gasteiger partial charge in [-0.25, -0.2) is 4.79 Å². The molecule has 0 radical (unpaired) electrons. The van der Waals surface area contributed by atoms with Crippen LogP contribution < -0.4 is 16.1 Å². The third-order valence-corrected chi connectivity index (χ3v) is 5.94. The summed E-state index contributed by atoms with van der Waals surface area (Å²) in [6.07, 6.45) is 3.47. The first-order valence-electron chi connectivity index (χ1n) is 9.27. The fraction of sp³-hybridized carbons (Fsp3) is 0.421. The SMILES string of the molecule is Cn1c(=O)[nH]c(=O)c2c1nc(N1CCCCC1)n2CCSc1ccccc1. The minimum absolute atomic E-state index is 0.367. The molecule has 1 aliphatic rings. The second-order valence-corrected chi connectivity index (χ2v) is 7.93. The van der Waals surface area contributed by atoms with Gasteiger partial charge in [0.2, 0.25) is 5.95 Å². The second-order valence-electron chi connectivity index (χ2n) is 6.76. The summed E-state index contributed by atoms with van der Waals surface area (Å²) in [5, 5.41) is 0. The monoisotopic (exact) mass is 385 g/mol. The Labute approximate surface area is 161 Å². The molecule has 3 aromatic rings. The average Bonchev–Trinajstić information content (AvgIpc) is 3.08. The highest BCUT2D eigenvalue weighted by atomic mass is 32.2. The van der Waals surface area contributed by atoms with Crippen LogP contribution >= 0.6 is 11.8 Å². The van der Waals surface area contributed by atoms with E-state index in [1.165, 1.54) is 15.9 Å². The number of anilines is 1. The van der Waals surface area contributed by atoms with Gasteiger partial charge in [-0.1, -0.05) is 18.2 Å². The summed E-state index contributed by atoms with van der Waals surface area (Å²) in [4.78, 5) is 35.1. The maximum Gasteiger partial charge on any atom is 0.329 e. The maximum absolute atomic E-state index is 12.5. The lowest BCUT2D eigenvalue weighted by atomic mass is 10.1. The Morgan fingerprint density at radius 3 is 2.59 bits per heavy atom. The van der Waals surface area contributed by atoms with Crippen molar-refractivity contribution in [2.45, 2.75) is 30.7 Å². The van der Waals surface area contributed by atoms with Crippen molar-refractivity contribution in [3.63, 3.8) is 0 Å². The van der Waals surface area contributed by atoms with Gasteiger partial charge in [-0.3, -0.25) is 14.3 Å². The van der Waals surface area contributed by atoms with Crippen LogP contribution in [0.5, 0.6) is 0 Å². The molecule has 7 nitrogen and oxygen atoms in total. The van der Waals surface area contributed by atoms with E-state index >= 15 is 0 Å². The Hall–Kier alpha value is -2.48. The number of nitrogens with one attached hydrogen (secondary N) is 1. The lowest BCUT2D eigenvalue weighted by Crippen LogP contribution is -2.32. The second kappa shape index (κ2) is 7.64. The van der Waals surface area contributed by atoms with Crippen LogP contribution in [0.2, 0.25) is 0 Å². The third-order valence-electron chi connectivity index (χ3n) is 4.95. The summed E-state index contributed by atoms with van der Waals surface area (Å²) in [5.41, 5.74) is 0.134. The van der Waals surface area contributed by atoms with Gasteiger partial charge in [-0.2, -0.15) is 4.98 Å². The van der Waals surface area contributed by atoms with Gasteiger partial charge in [-0.05, 0) is 31.4 Å². The minimum Gasteiger partial charge on any atom is -0.342 e. The van der Waals surface area contributed by atoms with Gasteiger partial charge >= 0.3 is 5.69 Å². The Balaban J connectivity index is 1.72. The molecule has 2 aromatic heterocycles. The number of nitrogens with zero attached hydrogens (tertiary/aromatic N) is 4. The lowest BCUT2D eigenvalue weighted by molar-refractivity contribution is 0.559. The van der Waals surface area contributed by atoms with Crippen LogP contribution in [0.1, 0.15) is 19.3 Å². The van der Waals surface area contributed by atoms with E-state index in [0.29, 0.717) is 17.7 Å². The van der Waals surface area contributed by atoms with E-state index in [2.05, 4.69) is 22.0 Å². The predicted octanol–water partition coefficient (Wildman–Crippen LogP) is 2.21. The lowest BCUT2D eigenvalue weighted by Gasteiger charge is -2.28. The van der Waals surface area contributed by atoms with Crippen molar-refractivity contribution in [3.05, 3.63) is 51.2 Å². The van der Waals surface area contributed by atoms with E-state index in [9.17, 15) is 9.59 Å². The molecule has 1 aromatic carbocycles. The number of imidazole rings is 1. The summed E-state index contributed by atoms with van der Waals surface area (Å²) in [6.45, 7) is 2.52. The molecule has 1 saturated heterocycles. The van der Waals surface area contributed by atoms with Crippen molar-refractivity contribution >= 4 is 28.9 Å². The Morgan fingerprint density at radius 2 is 1.85 bits per heavy atom. The van der Waals surface area contributed by atoms with E-state index in [1.807, 2.05) is 22.8 Å². The first-order valence-corrected chi connectivity index (χ1v) is 10.3. The fourth-order valence-electron chi connectivity index (χ4n) is 3.54. The fourth-order valence-corrected chi connectivity index (χ4v) is 4.40. The van der Waals surface area contributed by atoms with Gasteiger partial charge in [0.15, 0.2) is 11.2 Å². The molecule has 0 atom stereocenters. The highest BCUT2D eigenvalue weighted by Gasteiger charge is 2.22. The van der Waals surface area contributed by atoms with Crippen molar-refractivity contribution in [3.8, 4) is 0 Å². The summed E-state index contributed by atoms with van der Waals surface area (Å²) >= 11 is 1.75. The standard InChI is InChI=1S/C19H23N5O2S/c1-22-16-15(17(25)21-19(22)26)24(12-13-27-14-8-4-2-5-9-14)18(20-16)23-10-6-3-7-11-23/h2,4-5,8-9H,3,6-7,10-13H2,1H3,(H,21,25,26). The van der Waals surface area contributed by atoms with Crippen molar-refractivity contribution in [1.82, 2.24) is 19.1 Å². The van der Waals surface area contributed by atoms with E-state index in [4.69, 9.17) is 4.98 Å². The summed E-state index contributed by atoms with van der Waals surface area (Å²) in [5.74, 6) is 1.61. The number of hydrogen-bond donors (Lipinski definition) is 1. The molecule has 0 bridgehead atoms. The van der Waals surface area contributed by atoms with E-state index in [1.54, 1.807) is 18.8 Å². The van der Waals surface area contributed by atoms with E-state index < -0.39 is 5.69 Å². The summed E-state index contributed by atoms with van der Waals surface area (Å²) in [6, 6.07) is 10.2. The number of fused-ring (bicyclic) bond motifs is 1. The molecule has 0 aliphatic carbocycles. The van der Waals surface area contributed by atoms with Crippen LogP contribution in [0, 0.1) is 0 Å². The van der Waals surface area contributed by atoms with Crippen molar-refractivity contribution in [2.24, 2.45) is 7.05 Å². The van der Waals surface area contributed by atoms with Crippen molar-refractivity contribution in [1.29, 1.82) is 0 Å². The van der Waals surface area contributed by atoms with Crippen LogP contribution in [0.25, 0.3) is 11.2 Å². The third kappa shape index (κ3) is 3.53. The number of rotatable bonds is 5. The first-order chi connectivity index (χ1) is 13.1. The average molecular weight is 385 g/mol. The Kier molecular flexibility index (Phi) is 5.07. The molecule has 3 heterocycles. The number of H-pyrrole nitrogens is 1. The molecule has 0 saturated carbocycles. The van der Waals surface area contributed by atoms with Crippen molar-refractivity contribution in [2.75, 3.05) is 23.7 Å². The quantitative estimate of drug-likeness (QED) is 0.682. The van der Waals surface area contributed by atoms with Gasteiger partial charge < -0.3 is 9.47 Å². The van der Waals surface area contributed by atoms with Gasteiger partial charge in [0.25, 0.3) is 5.56 Å². The number of aromatic nitrogens is 4. The zero-order chi connectivity index (χ0) is 18.8. The number of benzene rings is 1. The molecule has 142 valence electrons. The Morgan fingerprint density at radius 1 is 1.11 bits per heavy atom. The van der Waals surface area contributed by atoms with Crippen LogP contribution in [0.15, 0.2) is 44.8 Å². The summed E-state index contributed by atoms with van der Waals surface area (Å²) < 4.78 is 3.40. The molecule has 0 spiro atoms. The number of aryl methyl sites for hydroxylation is 2. The Bertz CT molecular complexity index is 1050. The molecule has 1 N–H and O–H groups in total. The van der Waals surface area contributed by atoms with Crippen LogP contribution in [0.3, 0.4) is 0 Å². The molecule has 8 heteroatoms. The van der Waals surface area contributed by atoms with Gasteiger partial charge in [0, 0.05) is 37.3 Å². The van der Waals surface area contributed by atoms with Gasteiger partial charge in [0.1, 0.15) is 0 Å². The highest BCUT2D eigenvalue weighted by molar-refractivity contribution is 7.99. The zero-order valence-electron chi connectivity index (χ0n) is 15.4. The van der Waals surface area contributed by atoms with Gasteiger partial charge in [0.05, 0.1) is 0 Å². The number of piperidine rings is 1. The number of aromatic amines is 1. The molecule has 1 aliphatic heterocycles. The summed E-state index contributed by atoms with van der Waals surface area (Å²) in [7, 11) is 1.65.